The first-order chi connectivity index (χ1) is 9.65. The molecule has 1 rings (SSSR count). The third-order valence-corrected chi connectivity index (χ3v) is 3.80. The Kier molecular flexibility index (Phi) is 7.80. The number of methoxy groups -OCH3 is 2. The highest BCUT2D eigenvalue weighted by atomic mass is 32.2. The van der Waals surface area contributed by atoms with E-state index < -0.39 is 0 Å². The van der Waals surface area contributed by atoms with Gasteiger partial charge in [0.2, 0.25) is 0 Å². The molecule has 1 unspecified atom stereocenters. The number of nitrogens with one attached hydrogen (secondary N) is 1. The largest absolute Gasteiger partial charge is 0.493 e. The summed E-state index contributed by atoms with van der Waals surface area (Å²) in [6.07, 6.45) is 2.28. The van der Waals surface area contributed by atoms with Gasteiger partial charge in [0.05, 0.1) is 20.3 Å². The van der Waals surface area contributed by atoms with Gasteiger partial charge in [-0.1, -0.05) is 0 Å². The van der Waals surface area contributed by atoms with Crippen molar-refractivity contribution in [3.05, 3.63) is 17.7 Å². The van der Waals surface area contributed by atoms with Crippen molar-refractivity contribution in [2.75, 3.05) is 33.6 Å². The Bertz CT molecular complexity index is 412. The van der Waals surface area contributed by atoms with E-state index in [-0.39, 0.29) is 6.10 Å². The molecule has 114 valence electrons. The van der Waals surface area contributed by atoms with Crippen LogP contribution < -0.4 is 14.8 Å². The zero-order chi connectivity index (χ0) is 15.0. The van der Waals surface area contributed by atoms with Crippen LogP contribution in [0.4, 0.5) is 0 Å². The Morgan fingerprint density at radius 2 is 1.85 bits per heavy atom. The Morgan fingerprint density at radius 3 is 2.40 bits per heavy atom. The average Bonchev–Trinajstić information content (AvgIpc) is 2.46. The second kappa shape index (κ2) is 9.10. The van der Waals surface area contributed by atoms with Gasteiger partial charge in [-0.25, -0.2) is 0 Å². The fraction of sp³-hybridized carbons (Fsp3) is 0.600. The molecule has 0 fully saturated rings. The van der Waals surface area contributed by atoms with Crippen LogP contribution in [0.25, 0.3) is 0 Å². The molecular formula is C15H25NO3S. The van der Waals surface area contributed by atoms with Crippen molar-refractivity contribution < 1.29 is 14.2 Å². The third-order valence-electron chi connectivity index (χ3n) is 2.99. The maximum Gasteiger partial charge on any atom is 0.161 e. The molecule has 5 heteroatoms. The van der Waals surface area contributed by atoms with Gasteiger partial charge in [0, 0.05) is 24.6 Å². The van der Waals surface area contributed by atoms with Crippen molar-refractivity contribution in [2.24, 2.45) is 0 Å². The van der Waals surface area contributed by atoms with E-state index in [2.05, 4.69) is 18.5 Å². The van der Waals surface area contributed by atoms with Crippen molar-refractivity contribution in [1.29, 1.82) is 0 Å². The summed E-state index contributed by atoms with van der Waals surface area (Å²) in [7, 11) is 3.31. The molecule has 0 aromatic heterocycles. The smallest absolute Gasteiger partial charge is 0.161 e. The molecule has 4 nitrogen and oxygen atoms in total. The van der Waals surface area contributed by atoms with E-state index in [9.17, 15) is 0 Å². The number of hydrogen-bond acceptors (Lipinski definition) is 5. The van der Waals surface area contributed by atoms with Gasteiger partial charge in [0.25, 0.3) is 0 Å². The number of ether oxygens (including phenoxy) is 3. The molecule has 0 spiro atoms. The van der Waals surface area contributed by atoms with Gasteiger partial charge in [0.15, 0.2) is 11.5 Å². The summed E-state index contributed by atoms with van der Waals surface area (Å²) in [5, 5.41) is 3.42. The van der Waals surface area contributed by atoms with Gasteiger partial charge in [-0.15, -0.1) is 11.8 Å². The molecular weight excluding hydrogens is 274 g/mol. The van der Waals surface area contributed by atoms with Gasteiger partial charge < -0.3 is 19.5 Å². The molecule has 0 amide bonds. The van der Waals surface area contributed by atoms with Crippen LogP contribution in [-0.4, -0.2) is 39.7 Å². The lowest BCUT2D eigenvalue weighted by Crippen LogP contribution is -2.26. The number of rotatable bonds is 9. The fourth-order valence-electron chi connectivity index (χ4n) is 1.98. The predicted molar refractivity (Wildman–Crippen MR) is 84.1 cm³/mol. The van der Waals surface area contributed by atoms with Gasteiger partial charge in [0.1, 0.15) is 0 Å². The summed E-state index contributed by atoms with van der Waals surface area (Å²) in [6.45, 7) is 6.44. The summed E-state index contributed by atoms with van der Waals surface area (Å²) < 4.78 is 16.2. The maximum absolute atomic E-state index is 5.51. The number of hydrogen-bond donors (Lipinski definition) is 1. The topological polar surface area (TPSA) is 39.7 Å². The lowest BCUT2D eigenvalue weighted by molar-refractivity contribution is 0.0759. The Balaban J connectivity index is 2.73. The summed E-state index contributed by atoms with van der Waals surface area (Å²) in [5.41, 5.74) is 1.21. The van der Waals surface area contributed by atoms with Crippen LogP contribution in [0.5, 0.6) is 11.5 Å². The third kappa shape index (κ3) is 4.89. The Morgan fingerprint density at radius 1 is 1.20 bits per heavy atom. The normalized spacial score (nSPS) is 12.2. The second-order valence-electron chi connectivity index (χ2n) is 4.42. The van der Waals surface area contributed by atoms with E-state index in [0.29, 0.717) is 0 Å². The summed E-state index contributed by atoms with van der Waals surface area (Å²) in [5.74, 6) is 1.53. The quantitative estimate of drug-likeness (QED) is 0.710. The molecule has 1 atom stereocenters. The van der Waals surface area contributed by atoms with Crippen molar-refractivity contribution in [1.82, 2.24) is 5.32 Å². The maximum atomic E-state index is 5.51. The molecule has 0 radical (unpaired) electrons. The first-order valence-electron chi connectivity index (χ1n) is 6.77. The van der Waals surface area contributed by atoms with Crippen LogP contribution in [0.1, 0.15) is 19.4 Å². The van der Waals surface area contributed by atoms with E-state index in [1.54, 1.807) is 26.0 Å². The van der Waals surface area contributed by atoms with Gasteiger partial charge >= 0.3 is 0 Å². The van der Waals surface area contributed by atoms with Crippen molar-refractivity contribution in [2.45, 2.75) is 31.4 Å². The molecule has 0 bridgehead atoms. The molecule has 0 heterocycles. The van der Waals surface area contributed by atoms with E-state index in [1.807, 2.05) is 19.1 Å². The Hall–Kier alpha value is -0.910. The van der Waals surface area contributed by atoms with E-state index in [0.717, 1.165) is 31.2 Å². The van der Waals surface area contributed by atoms with Crippen LogP contribution in [0, 0.1) is 0 Å². The lowest BCUT2D eigenvalue weighted by Gasteiger charge is -2.16. The second-order valence-corrected chi connectivity index (χ2v) is 5.26. The summed E-state index contributed by atoms with van der Waals surface area (Å²) >= 11 is 1.71. The zero-order valence-corrected chi connectivity index (χ0v) is 13.8. The van der Waals surface area contributed by atoms with Crippen LogP contribution in [0.2, 0.25) is 0 Å². The molecule has 0 saturated carbocycles. The number of thioether (sulfide) groups is 1. The number of benzene rings is 1. The Labute approximate surface area is 126 Å². The molecule has 1 aromatic carbocycles. The average molecular weight is 299 g/mol. The molecule has 0 saturated heterocycles. The zero-order valence-electron chi connectivity index (χ0n) is 13.0. The lowest BCUT2D eigenvalue weighted by atomic mass is 10.2. The van der Waals surface area contributed by atoms with E-state index >= 15 is 0 Å². The molecule has 20 heavy (non-hydrogen) atoms. The van der Waals surface area contributed by atoms with Crippen molar-refractivity contribution >= 4 is 11.8 Å². The molecule has 0 aliphatic heterocycles. The SMILES string of the molecule is CCOC(C)CNCc1cc(OC)c(OC)cc1SC. The van der Waals surface area contributed by atoms with Crippen LogP contribution in [0.3, 0.4) is 0 Å². The first kappa shape index (κ1) is 17.1. The van der Waals surface area contributed by atoms with Crippen LogP contribution in [0.15, 0.2) is 17.0 Å². The summed E-state index contributed by atoms with van der Waals surface area (Å²) in [4.78, 5) is 1.19. The van der Waals surface area contributed by atoms with Crippen LogP contribution in [-0.2, 0) is 11.3 Å². The highest BCUT2D eigenvalue weighted by Crippen LogP contribution is 2.34. The summed E-state index contributed by atoms with van der Waals surface area (Å²) in [6, 6.07) is 4.05. The van der Waals surface area contributed by atoms with Gasteiger partial charge in [-0.3, -0.25) is 0 Å². The first-order valence-corrected chi connectivity index (χ1v) is 7.99. The minimum absolute atomic E-state index is 0.220. The molecule has 1 aromatic rings. The highest BCUT2D eigenvalue weighted by molar-refractivity contribution is 7.98. The minimum atomic E-state index is 0.220. The van der Waals surface area contributed by atoms with Crippen LogP contribution >= 0.6 is 11.8 Å². The highest BCUT2D eigenvalue weighted by Gasteiger charge is 2.11. The van der Waals surface area contributed by atoms with E-state index in [1.165, 1.54) is 10.5 Å². The van der Waals surface area contributed by atoms with Gasteiger partial charge in [-0.2, -0.15) is 0 Å². The molecule has 1 N–H and O–H groups in total. The minimum Gasteiger partial charge on any atom is -0.493 e. The van der Waals surface area contributed by atoms with E-state index in [4.69, 9.17) is 14.2 Å². The molecule has 0 aliphatic rings. The molecule has 0 aliphatic carbocycles. The fourth-order valence-corrected chi connectivity index (χ4v) is 2.60. The van der Waals surface area contributed by atoms with Gasteiger partial charge in [-0.05, 0) is 37.8 Å². The van der Waals surface area contributed by atoms with Crippen molar-refractivity contribution in [3.8, 4) is 11.5 Å². The standard InChI is InChI=1S/C15H25NO3S/c1-6-19-11(2)9-16-10-12-7-13(17-3)14(18-4)8-15(12)20-5/h7-8,11,16H,6,9-10H2,1-5H3. The predicted octanol–water partition coefficient (Wildman–Crippen LogP) is 2.94. The monoisotopic (exact) mass is 299 g/mol. The van der Waals surface area contributed by atoms with Crippen molar-refractivity contribution in [3.63, 3.8) is 0 Å².